The Labute approximate surface area is 312 Å². The number of likely N-dealkylation sites (tertiary alicyclic amines) is 1. The largest absolute Gasteiger partial charge is 0.477 e. The van der Waals surface area contributed by atoms with E-state index in [-0.39, 0.29) is 43.8 Å². The van der Waals surface area contributed by atoms with Crippen LogP contribution in [0.2, 0.25) is 5.02 Å². The van der Waals surface area contributed by atoms with Gasteiger partial charge in [0.05, 0.1) is 11.4 Å². The van der Waals surface area contributed by atoms with Crippen molar-refractivity contribution in [3.05, 3.63) is 89.3 Å². The number of nitrogens with zero attached hydrogens (tertiary/aromatic N) is 7. The van der Waals surface area contributed by atoms with Gasteiger partial charge in [-0.2, -0.15) is 4.68 Å². The summed E-state index contributed by atoms with van der Waals surface area (Å²) in [5, 5.41) is 36.6. The number of carboxylic acid groups (broad SMARTS) is 1. The molecule has 2 fully saturated rings. The van der Waals surface area contributed by atoms with E-state index in [2.05, 4.69) is 31.1 Å². The molecule has 17 nitrogen and oxygen atoms in total. The SMILES string of the molecule is O=C(O)c1cc2cc(NC(=O)C(Cc3ccc(NC(=O)N4CCC(CO)CC4)cc3)N3CCN(c4cc(Cl)ccc4-n4cnnn4)C(=O)C3=O)ccc2[nH]1. The molecule has 278 valence electrons. The Balaban J connectivity index is 1.12. The number of carbonyl (C=O) groups is 5. The zero-order valence-corrected chi connectivity index (χ0v) is 29.4. The molecule has 18 heteroatoms. The third-order valence-corrected chi connectivity index (χ3v) is 9.90. The van der Waals surface area contributed by atoms with Crippen LogP contribution in [-0.4, -0.2) is 114 Å². The number of fused-ring (bicyclic) bond motifs is 1. The van der Waals surface area contributed by atoms with E-state index in [0.29, 0.717) is 57.3 Å². The molecule has 2 saturated heterocycles. The number of anilines is 3. The van der Waals surface area contributed by atoms with Crippen LogP contribution in [0, 0.1) is 5.92 Å². The van der Waals surface area contributed by atoms with Crippen LogP contribution in [0.25, 0.3) is 16.6 Å². The van der Waals surface area contributed by atoms with E-state index in [1.165, 1.54) is 32.9 Å². The lowest BCUT2D eigenvalue weighted by molar-refractivity contribution is -0.149. The highest BCUT2D eigenvalue weighted by Crippen LogP contribution is 2.30. The van der Waals surface area contributed by atoms with Crippen LogP contribution >= 0.6 is 11.6 Å². The van der Waals surface area contributed by atoms with Crippen molar-refractivity contribution in [2.24, 2.45) is 5.92 Å². The molecule has 0 saturated carbocycles. The van der Waals surface area contributed by atoms with Gasteiger partial charge in [0, 0.05) is 66.5 Å². The molecular formula is C36H35ClN10O7. The van der Waals surface area contributed by atoms with Crippen LogP contribution in [-0.2, 0) is 20.8 Å². The number of aliphatic hydroxyl groups excluding tert-OH is 1. The lowest BCUT2D eigenvalue weighted by Gasteiger charge is -2.38. The predicted molar refractivity (Wildman–Crippen MR) is 196 cm³/mol. The molecule has 1 atom stereocenters. The van der Waals surface area contributed by atoms with Gasteiger partial charge in [0.2, 0.25) is 5.91 Å². The van der Waals surface area contributed by atoms with E-state index in [4.69, 9.17) is 11.6 Å². The number of carbonyl (C=O) groups excluding carboxylic acids is 4. The van der Waals surface area contributed by atoms with Gasteiger partial charge in [0.1, 0.15) is 18.1 Å². The number of nitrogens with one attached hydrogen (secondary N) is 3. The van der Waals surface area contributed by atoms with Crippen molar-refractivity contribution in [2.75, 3.05) is 48.3 Å². The van der Waals surface area contributed by atoms with E-state index < -0.39 is 29.7 Å². The number of tetrazole rings is 1. The lowest BCUT2D eigenvalue weighted by Crippen LogP contribution is -2.60. The van der Waals surface area contributed by atoms with E-state index in [0.717, 1.165) is 12.8 Å². The number of hydrogen-bond donors (Lipinski definition) is 5. The number of piperidine rings is 1. The molecule has 3 aromatic carbocycles. The normalized spacial score (nSPS) is 15.8. The minimum atomic E-state index is -1.15. The molecule has 2 aromatic heterocycles. The number of aromatic nitrogens is 5. The van der Waals surface area contributed by atoms with Crippen molar-refractivity contribution >= 4 is 69.3 Å². The fourth-order valence-corrected chi connectivity index (χ4v) is 6.89. The number of carboxylic acids is 1. The number of aromatic carboxylic acids is 1. The molecule has 2 aliphatic rings. The quantitative estimate of drug-likeness (QED) is 0.131. The number of benzene rings is 3. The zero-order valence-electron chi connectivity index (χ0n) is 28.7. The number of H-pyrrole nitrogens is 1. The van der Waals surface area contributed by atoms with Gasteiger partial charge in [-0.15, -0.1) is 5.10 Å². The van der Waals surface area contributed by atoms with Crippen LogP contribution in [0.15, 0.2) is 73.1 Å². The maximum atomic E-state index is 14.1. The van der Waals surface area contributed by atoms with Crippen molar-refractivity contribution in [1.82, 2.24) is 35.0 Å². The van der Waals surface area contributed by atoms with E-state index >= 15 is 0 Å². The highest BCUT2D eigenvalue weighted by atomic mass is 35.5. The van der Waals surface area contributed by atoms with Crippen molar-refractivity contribution in [1.29, 1.82) is 0 Å². The van der Waals surface area contributed by atoms with Crippen molar-refractivity contribution < 1.29 is 34.2 Å². The molecule has 0 aliphatic carbocycles. The van der Waals surface area contributed by atoms with E-state index in [1.807, 2.05) is 0 Å². The Morgan fingerprint density at radius 3 is 2.35 bits per heavy atom. The van der Waals surface area contributed by atoms with Gasteiger partial charge in [0.25, 0.3) is 0 Å². The first-order chi connectivity index (χ1) is 26.1. The zero-order chi connectivity index (χ0) is 37.9. The summed E-state index contributed by atoms with van der Waals surface area (Å²) in [6, 6.07) is 16.5. The Bertz CT molecular complexity index is 2220. The molecule has 5 amide bonds. The number of rotatable bonds is 10. The molecular weight excluding hydrogens is 720 g/mol. The van der Waals surface area contributed by atoms with Gasteiger partial charge in [-0.05, 0) is 89.3 Å². The van der Waals surface area contributed by atoms with E-state index in [9.17, 15) is 34.2 Å². The number of urea groups is 1. The maximum Gasteiger partial charge on any atom is 0.352 e. The fraction of sp³-hybridized carbons (Fsp3) is 0.278. The Hall–Kier alpha value is -6.33. The summed E-state index contributed by atoms with van der Waals surface area (Å²) in [5.41, 5.74) is 2.82. The van der Waals surface area contributed by atoms with Crippen LogP contribution in [0.5, 0.6) is 0 Å². The molecule has 5 aromatic rings. The Kier molecular flexibility index (Phi) is 10.2. The highest BCUT2D eigenvalue weighted by molar-refractivity contribution is 6.41. The minimum absolute atomic E-state index is 0.00977. The molecule has 7 rings (SSSR count). The monoisotopic (exact) mass is 754 g/mol. The first kappa shape index (κ1) is 36.0. The third kappa shape index (κ3) is 7.58. The molecule has 5 N–H and O–H groups in total. The molecule has 0 bridgehead atoms. The van der Waals surface area contributed by atoms with Gasteiger partial charge in [-0.3, -0.25) is 14.4 Å². The third-order valence-electron chi connectivity index (χ3n) is 9.67. The van der Waals surface area contributed by atoms with Crippen molar-refractivity contribution in [2.45, 2.75) is 25.3 Å². The summed E-state index contributed by atoms with van der Waals surface area (Å²) in [6.07, 6.45) is 2.82. The average Bonchev–Trinajstić information content (AvgIpc) is 3.87. The lowest BCUT2D eigenvalue weighted by atomic mass is 9.98. The van der Waals surface area contributed by atoms with Gasteiger partial charge < -0.3 is 40.5 Å². The summed E-state index contributed by atoms with van der Waals surface area (Å²) in [6.45, 7) is 1.20. The van der Waals surface area contributed by atoms with E-state index in [1.54, 1.807) is 59.5 Å². The van der Waals surface area contributed by atoms with Crippen LogP contribution in [0.4, 0.5) is 21.9 Å². The number of hydrogen-bond acceptors (Lipinski definition) is 9. The van der Waals surface area contributed by atoms with Gasteiger partial charge in [-0.1, -0.05) is 23.7 Å². The smallest absolute Gasteiger partial charge is 0.352 e. The topological polar surface area (TPSA) is 219 Å². The number of piperazine rings is 1. The standard InChI is InChI=1S/C36H35ClN10O7/c37-24-3-8-29(47-20-38-42-43-47)30(18-24)45-13-14-46(34(51)33(45)50)31(32(49)39-26-6-7-27-23(16-26)17-28(41-27)35(52)53)15-21-1-4-25(5-2-21)40-36(54)44-11-9-22(19-48)10-12-44/h1-8,16-18,20,22,31,41,48H,9-15,19H2,(H,39,49)(H,40,54)(H,52,53). The molecule has 0 radical (unpaired) electrons. The second kappa shape index (κ2) is 15.3. The minimum Gasteiger partial charge on any atom is -0.477 e. The first-order valence-corrected chi connectivity index (χ1v) is 17.5. The maximum absolute atomic E-state index is 14.1. The fourth-order valence-electron chi connectivity index (χ4n) is 6.72. The van der Waals surface area contributed by atoms with Crippen LogP contribution in [0.3, 0.4) is 0 Å². The van der Waals surface area contributed by atoms with Crippen molar-refractivity contribution in [3.8, 4) is 5.69 Å². The first-order valence-electron chi connectivity index (χ1n) is 17.2. The second-order valence-electron chi connectivity index (χ2n) is 13.1. The number of amides is 5. The molecule has 0 spiro atoms. The second-order valence-corrected chi connectivity index (χ2v) is 13.5. The molecule has 2 aliphatic heterocycles. The predicted octanol–water partition coefficient (Wildman–Crippen LogP) is 3.16. The average molecular weight is 755 g/mol. The van der Waals surface area contributed by atoms with Crippen LogP contribution < -0.4 is 15.5 Å². The Morgan fingerprint density at radius 1 is 0.889 bits per heavy atom. The summed E-state index contributed by atoms with van der Waals surface area (Å²) in [4.78, 5) is 73.2. The molecule has 1 unspecified atom stereocenters. The number of halogens is 1. The molecule has 54 heavy (non-hydrogen) atoms. The van der Waals surface area contributed by atoms with Gasteiger partial charge >= 0.3 is 23.8 Å². The summed E-state index contributed by atoms with van der Waals surface area (Å²) < 4.78 is 1.35. The number of aromatic amines is 1. The highest BCUT2D eigenvalue weighted by Gasteiger charge is 2.40. The number of aliphatic hydroxyl groups is 1. The Morgan fingerprint density at radius 2 is 1.65 bits per heavy atom. The summed E-state index contributed by atoms with van der Waals surface area (Å²) >= 11 is 6.30. The van der Waals surface area contributed by atoms with Crippen molar-refractivity contribution in [3.63, 3.8) is 0 Å². The van der Waals surface area contributed by atoms with Gasteiger partial charge in [-0.25, -0.2) is 9.59 Å². The van der Waals surface area contributed by atoms with Crippen LogP contribution in [0.1, 0.15) is 28.9 Å². The summed E-state index contributed by atoms with van der Waals surface area (Å²) in [5.74, 6) is -3.30. The van der Waals surface area contributed by atoms with Gasteiger partial charge in [0.15, 0.2) is 0 Å². The molecule has 4 heterocycles. The summed E-state index contributed by atoms with van der Waals surface area (Å²) in [7, 11) is 0.